The first-order chi connectivity index (χ1) is 7.09. The zero-order valence-electron chi connectivity index (χ0n) is 8.43. The Hall–Kier alpha value is -1.55. The van der Waals surface area contributed by atoms with E-state index in [2.05, 4.69) is 0 Å². The maximum Gasteiger partial charge on any atom is 0.311 e. The predicted octanol–water partition coefficient (Wildman–Crippen LogP) is 1.09. The molecule has 0 aliphatic carbocycles. The SMILES string of the molecule is Cc1ccc2c(c1)OCC(C(=O)O)C2N. The van der Waals surface area contributed by atoms with Crippen molar-refractivity contribution < 1.29 is 14.6 Å². The van der Waals surface area contributed by atoms with Crippen LogP contribution in [-0.4, -0.2) is 17.7 Å². The molecule has 4 nitrogen and oxygen atoms in total. The topological polar surface area (TPSA) is 72.5 Å². The van der Waals surface area contributed by atoms with Gasteiger partial charge in [-0.1, -0.05) is 12.1 Å². The van der Waals surface area contributed by atoms with Gasteiger partial charge < -0.3 is 15.6 Å². The summed E-state index contributed by atoms with van der Waals surface area (Å²) in [5, 5.41) is 8.93. The molecule has 4 heteroatoms. The summed E-state index contributed by atoms with van der Waals surface area (Å²) in [5.41, 5.74) is 7.74. The van der Waals surface area contributed by atoms with Crippen LogP contribution in [0, 0.1) is 12.8 Å². The number of rotatable bonds is 1. The number of aliphatic carboxylic acids is 1. The lowest BCUT2D eigenvalue weighted by Gasteiger charge is -2.28. The minimum absolute atomic E-state index is 0.146. The van der Waals surface area contributed by atoms with E-state index >= 15 is 0 Å². The van der Waals surface area contributed by atoms with Gasteiger partial charge in [-0.25, -0.2) is 0 Å². The number of hydrogen-bond acceptors (Lipinski definition) is 3. The molecule has 1 aromatic rings. The van der Waals surface area contributed by atoms with Crippen LogP contribution in [-0.2, 0) is 4.79 Å². The summed E-state index contributed by atoms with van der Waals surface area (Å²) in [7, 11) is 0. The lowest BCUT2D eigenvalue weighted by Crippen LogP contribution is -2.36. The molecule has 2 atom stereocenters. The molecule has 3 N–H and O–H groups in total. The molecule has 1 aliphatic heterocycles. The summed E-state index contributed by atoms with van der Waals surface area (Å²) in [6, 6.07) is 5.15. The van der Waals surface area contributed by atoms with Gasteiger partial charge in [-0.15, -0.1) is 0 Å². The molecule has 1 aromatic carbocycles. The summed E-state index contributed by atoms with van der Waals surface area (Å²) in [6.45, 7) is 2.10. The Morgan fingerprint density at radius 3 is 3.00 bits per heavy atom. The van der Waals surface area contributed by atoms with Crippen molar-refractivity contribution in [1.29, 1.82) is 0 Å². The van der Waals surface area contributed by atoms with E-state index < -0.39 is 17.9 Å². The van der Waals surface area contributed by atoms with E-state index in [1.165, 1.54) is 0 Å². The van der Waals surface area contributed by atoms with Gasteiger partial charge in [-0.05, 0) is 18.6 Å². The minimum Gasteiger partial charge on any atom is -0.492 e. The van der Waals surface area contributed by atoms with E-state index in [-0.39, 0.29) is 6.61 Å². The average Bonchev–Trinajstić information content (AvgIpc) is 2.17. The van der Waals surface area contributed by atoms with Gasteiger partial charge in [0.25, 0.3) is 0 Å². The standard InChI is InChI=1S/C11H13NO3/c1-6-2-3-7-9(4-6)15-5-8(10(7)12)11(13)14/h2-4,8,10H,5,12H2,1H3,(H,13,14). The number of carboxylic acids is 1. The van der Waals surface area contributed by atoms with Crippen molar-refractivity contribution in [1.82, 2.24) is 0 Å². The summed E-state index contributed by atoms with van der Waals surface area (Å²) in [4.78, 5) is 10.9. The second-order valence-electron chi connectivity index (χ2n) is 3.82. The molecule has 1 aliphatic rings. The summed E-state index contributed by atoms with van der Waals surface area (Å²) in [6.07, 6.45) is 0. The lowest BCUT2D eigenvalue weighted by atomic mass is 9.91. The van der Waals surface area contributed by atoms with Crippen molar-refractivity contribution in [2.45, 2.75) is 13.0 Å². The van der Waals surface area contributed by atoms with Crippen molar-refractivity contribution in [3.63, 3.8) is 0 Å². The fourth-order valence-electron chi connectivity index (χ4n) is 1.77. The maximum absolute atomic E-state index is 10.9. The molecule has 2 unspecified atom stereocenters. The van der Waals surface area contributed by atoms with Gasteiger partial charge in [-0.3, -0.25) is 4.79 Å². The van der Waals surface area contributed by atoms with Crippen LogP contribution in [0.5, 0.6) is 5.75 Å². The van der Waals surface area contributed by atoms with Gasteiger partial charge in [0.15, 0.2) is 0 Å². The molecular formula is C11H13NO3. The van der Waals surface area contributed by atoms with Crippen molar-refractivity contribution in [2.24, 2.45) is 11.7 Å². The third kappa shape index (κ3) is 1.68. The van der Waals surface area contributed by atoms with Gasteiger partial charge in [-0.2, -0.15) is 0 Å². The molecule has 15 heavy (non-hydrogen) atoms. The van der Waals surface area contributed by atoms with Crippen molar-refractivity contribution in [3.05, 3.63) is 29.3 Å². The first-order valence-electron chi connectivity index (χ1n) is 4.81. The monoisotopic (exact) mass is 207 g/mol. The molecule has 0 spiro atoms. The number of aryl methyl sites for hydroxylation is 1. The third-order valence-corrected chi connectivity index (χ3v) is 2.70. The molecule has 0 bridgehead atoms. The summed E-state index contributed by atoms with van der Waals surface area (Å²) < 4.78 is 5.39. The van der Waals surface area contributed by atoms with E-state index in [9.17, 15) is 4.79 Å². The zero-order valence-corrected chi connectivity index (χ0v) is 8.43. The molecule has 0 saturated carbocycles. The number of carboxylic acid groups (broad SMARTS) is 1. The second kappa shape index (κ2) is 3.55. The Bertz CT molecular complexity index is 403. The van der Waals surface area contributed by atoms with Crippen LogP contribution in [0.4, 0.5) is 0 Å². The zero-order chi connectivity index (χ0) is 11.0. The predicted molar refractivity (Wildman–Crippen MR) is 54.7 cm³/mol. The molecule has 0 saturated heterocycles. The first kappa shape index (κ1) is 9.98. The molecule has 80 valence electrons. The molecule has 0 fully saturated rings. The van der Waals surface area contributed by atoms with Gasteiger partial charge in [0.05, 0.1) is 0 Å². The van der Waals surface area contributed by atoms with Gasteiger partial charge in [0.1, 0.15) is 18.3 Å². The summed E-state index contributed by atoms with van der Waals surface area (Å²) in [5.74, 6) is -0.853. The Morgan fingerprint density at radius 2 is 2.33 bits per heavy atom. The number of hydrogen-bond donors (Lipinski definition) is 2. The maximum atomic E-state index is 10.9. The molecule has 2 rings (SSSR count). The average molecular weight is 207 g/mol. The number of fused-ring (bicyclic) bond motifs is 1. The van der Waals surface area contributed by atoms with E-state index in [0.717, 1.165) is 11.1 Å². The van der Waals surface area contributed by atoms with E-state index in [1.54, 1.807) is 0 Å². The second-order valence-corrected chi connectivity index (χ2v) is 3.82. The summed E-state index contributed by atoms with van der Waals surface area (Å²) >= 11 is 0. The fourth-order valence-corrected chi connectivity index (χ4v) is 1.77. The van der Waals surface area contributed by atoms with Crippen LogP contribution in [0.3, 0.4) is 0 Å². The molecule has 1 heterocycles. The molecule has 0 amide bonds. The van der Waals surface area contributed by atoms with Crippen LogP contribution in [0.15, 0.2) is 18.2 Å². The van der Waals surface area contributed by atoms with E-state index in [1.807, 2.05) is 25.1 Å². The Balaban J connectivity index is 2.38. The largest absolute Gasteiger partial charge is 0.492 e. The van der Waals surface area contributed by atoms with Gasteiger partial charge in [0, 0.05) is 11.6 Å². The highest BCUT2D eigenvalue weighted by Gasteiger charge is 2.33. The number of ether oxygens (including phenoxy) is 1. The van der Waals surface area contributed by atoms with Crippen LogP contribution < -0.4 is 10.5 Å². The molecule has 0 radical (unpaired) electrons. The van der Waals surface area contributed by atoms with E-state index in [0.29, 0.717) is 5.75 Å². The highest BCUT2D eigenvalue weighted by molar-refractivity contribution is 5.72. The Morgan fingerprint density at radius 1 is 1.60 bits per heavy atom. The lowest BCUT2D eigenvalue weighted by molar-refractivity contribution is -0.144. The van der Waals surface area contributed by atoms with Crippen molar-refractivity contribution >= 4 is 5.97 Å². The van der Waals surface area contributed by atoms with Crippen LogP contribution >= 0.6 is 0 Å². The van der Waals surface area contributed by atoms with Gasteiger partial charge in [0.2, 0.25) is 0 Å². The third-order valence-electron chi connectivity index (χ3n) is 2.70. The quantitative estimate of drug-likeness (QED) is 0.723. The molecular weight excluding hydrogens is 194 g/mol. The van der Waals surface area contributed by atoms with Crippen molar-refractivity contribution in [2.75, 3.05) is 6.61 Å². The number of nitrogens with two attached hydrogens (primary N) is 1. The van der Waals surface area contributed by atoms with E-state index in [4.69, 9.17) is 15.6 Å². The Labute approximate surface area is 87.7 Å². The first-order valence-corrected chi connectivity index (χ1v) is 4.81. The molecule has 0 aromatic heterocycles. The minimum atomic E-state index is -0.909. The van der Waals surface area contributed by atoms with Gasteiger partial charge >= 0.3 is 5.97 Å². The number of benzene rings is 1. The highest BCUT2D eigenvalue weighted by atomic mass is 16.5. The highest BCUT2D eigenvalue weighted by Crippen LogP contribution is 2.34. The van der Waals surface area contributed by atoms with Crippen LogP contribution in [0.2, 0.25) is 0 Å². The number of carbonyl (C=O) groups is 1. The van der Waals surface area contributed by atoms with Crippen LogP contribution in [0.25, 0.3) is 0 Å². The Kier molecular flexibility index (Phi) is 2.36. The smallest absolute Gasteiger partial charge is 0.311 e. The van der Waals surface area contributed by atoms with Crippen LogP contribution in [0.1, 0.15) is 17.2 Å². The van der Waals surface area contributed by atoms with Crippen molar-refractivity contribution in [3.8, 4) is 5.75 Å². The fraction of sp³-hybridized carbons (Fsp3) is 0.364. The normalized spacial score (nSPS) is 24.1.